The number of rotatable bonds is 7. The summed E-state index contributed by atoms with van der Waals surface area (Å²) >= 11 is 0. The third kappa shape index (κ3) is 5.81. The summed E-state index contributed by atoms with van der Waals surface area (Å²) in [5, 5.41) is 2.97. The molecule has 1 atom stereocenters. The van der Waals surface area contributed by atoms with Gasteiger partial charge < -0.3 is 14.8 Å². The van der Waals surface area contributed by atoms with Gasteiger partial charge in [-0.3, -0.25) is 4.79 Å². The number of amides is 1. The van der Waals surface area contributed by atoms with Gasteiger partial charge >= 0.3 is 0 Å². The van der Waals surface area contributed by atoms with Crippen LogP contribution in [0.3, 0.4) is 0 Å². The summed E-state index contributed by atoms with van der Waals surface area (Å²) in [7, 11) is 1.61. The number of aromatic nitrogens is 1. The molecule has 0 spiro atoms. The van der Waals surface area contributed by atoms with Crippen molar-refractivity contribution in [2.24, 2.45) is 5.41 Å². The zero-order valence-electron chi connectivity index (χ0n) is 15.6. The number of nitrogens with one attached hydrogen (secondary N) is 1. The van der Waals surface area contributed by atoms with Crippen molar-refractivity contribution < 1.29 is 18.7 Å². The molecule has 0 fully saturated rings. The number of halogens is 1. The molecule has 0 aliphatic heterocycles. The van der Waals surface area contributed by atoms with Gasteiger partial charge in [0, 0.05) is 19.4 Å². The van der Waals surface area contributed by atoms with Crippen LogP contribution in [0.5, 0.6) is 5.88 Å². The summed E-state index contributed by atoms with van der Waals surface area (Å²) in [6.45, 7) is 6.75. The monoisotopic (exact) mass is 360 g/mol. The van der Waals surface area contributed by atoms with Crippen LogP contribution in [0.15, 0.2) is 42.6 Å². The van der Waals surface area contributed by atoms with Gasteiger partial charge in [-0.15, -0.1) is 0 Å². The van der Waals surface area contributed by atoms with Crippen molar-refractivity contribution in [1.29, 1.82) is 0 Å². The van der Waals surface area contributed by atoms with Gasteiger partial charge in [-0.05, 0) is 29.2 Å². The van der Waals surface area contributed by atoms with Crippen LogP contribution in [-0.4, -0.2) is 30.6 Å². The predicted octanol–water partition coefficient (Wildman–Crippen LogP) is 3.59. The number of benzene rings is 1. The Morgan fingerprint density at radius 1 is 1.27 bits per heavy atom. The van der Waals surface area contributed by atoms with Gasteiger partial charge in [0.2, 0.25) is 5.88 Å². The molecule has 1 aromatic carbocycles. The lowest BCUT2D eigenvalue weighted by Gasteiger charge is -2.30. The van der Waals surface area contributed by atoms with Crippen molar-refractivity contribution >= 4 is 5.91 Å². The van der Waals surface area contributed by atoms with E-state index in [1.807, 2.05) is 20.8 Å². The summed E-state index contributed by atoms with van der Waals surface area (Å²) in [5.74, 6) is -0.156. The molecule has 5 nitrogen and oxygen atoms in total. The molecule has 1 amide bonds. The first-order chi connectivity index (χ1) is 12.3. The number of carbonyl (C=O) groups is 1. The first-order valence-electron chi connectivity index (χ1n) is 8.42. The second-order valence-electron chi connectivity index (χ2n) is 7.15. The van der Waals surface area contributed by atoms with Crippen molar-refractivity contribution in [3.63, 3.8) is 0 Å². The molecule has 0 saturated heterocycles. The largest absolute Gasteiger partial charge is 0.473 e. The quantitative estimate of drug-likeness (QED) is 0.820. The minimum absolute atomic E-state index is 0.121. The van der Waals surface area contributed by atoms with Gasteiger partial charge in [-0.2, -0.15) is 0 Å². The highest BCUT2D eigenvalue weighted by molar-refractivity contribution is 5.94. The van der Waals surface area contributed by atoms with Crippen LogP contribution in [-0.2, 0) is 11.3 Å². The number of carbonyl (C=O) groups excluding carboxylic acids is 1. The van der Waals surface area contributed by atoms with Gasteiger partial charge in [0.15, 0.2) is 0 Å². The molecular formula is C20H25FN2O3. The van der Waals surface area contributed by atoms with E-state index in [0.29, 0.717) is 23.6 Å². The fraction of sp³-hybridized carbons (Fsp3) is 0.400. The van der Waals surface area contributed by atoms with Crippen LogP contribution in [0.4, 0.5) is 4.39 Å². The van der Waals surface area contributed by atoms with E-state index >= 15 is 0 Å². The molecule has 2 rings (SSSR count). The first kappa shape index (κ1) is 19.8. The highest BCUT2D eigenvalue weighted by Crippen LogP contribution is 2.20. The van der Waals surface area contributed by atoms with E-state index in [9.17, 15) is 9.18 Å². The van der Waals surface area contributed by atoms with Gasteiger partial charge in [0.05, 0.1) is 18.2 Å². The van der Waals surface area contributed by atoms with Crippen molar-refractivity contribution in [1.82, 2.24) is 10.3 Å². The molecule has 1 heterocycles. The van der Waals surface area contributed by atoms with Gasteiger partial charge in [0.25, 0.3) is 5.91 Å². The summed E-state index contributed by atoms with van der Waals surface area (Å²) in [6.07, 6.45) is 1.46. The summed E-state index contributed by atoms with van der Waals surface area (Å²) in [6, 6.07) is 9.33. The predicted molar refractivity (Wildman–Crippen MR) is 97.6 cm³/mol. The Bertz CT molecular complexity index is 727. The van der Waals surface area contributed by atoms with Crippen LogP contribution in [0.25, 0.3) is 0 Å². The number of nitrogens with zero attached hydrogens (tertiary/aromatic N) is 1. The summed E-state index contributed by atoms with van der Waals surface area (Å²) < 4.78 is 23.9. The summed E-state index contributed by atoms with van der Waals surface area (Å²) in [5.41, 5.74) is 1.02. The van der Waals surface area contributed by atoms with E-state index in [1.165, 1.54) is 18.3 Å². The fourth-order valence-corrected chi connectivity index (χ4v) is 2.30. The van der Waals surface area contributed by atoms with Crippen LogP contribution in [0, 0.1) is 11.2 Å². The SMILES string of the molecule is COC[C@@H](NC(=O)c1ccc(OCc2cccc(F)c2)nc1)C(C)(C)C. The van der Waals surface area contributed by atoms with Crippen LogP contribution in [0.1, 0.15) is 36.7 Å². The Labute approximate surface area is 153 Å². The van der Waals surface area contributed by atoms with Crippen LogP contribution < -0.4 is 10.1 Å². The van der Waals surface area contributed by atoms with E-state index in [2.05, 4.69) is 10.3 Å². The lowest BCUT2D eigenvalue weighted by Crippen LogP contribution is -2.46. The fourth-order valence-electron chi connectivity index (χ4n) is 2.30. The summed E-state index contributed by atoms with van der Waals surface area (Å²) in [4.78, 5) is 16.6. The third-order valence-corrected chi connectivity index (χ3v) is 3.96. The van der Waals surface area contributed by atoms with E-state index in [1.54, 1.807) is 31.4 Å². The topological polar surface area (TPSA) is 60.5 Å². The van der Waals surface area contributed by atoms with Crippen molar-refractivity contribution in [3.8, 4) is 5.88 Å². The minimum Gasteiger partial charge on any atom is -0.473 e. The van der Waals surface area contributed by atoms with E-state index in [0.717, 1.165) is 0 Å². The lowest BCUT2D eigenvalue weighted by atomic mass is 9.87. The van der Waals surface area contributed by atoms with Crippen LogP contribution >= 0.6 is 0 Å². The Hall–Kier alpha value is -2.47. The molecule has 0 radical (unpaired) electrons. The van der Waals surface area contributed by atoms with Gasteiger partial charge in [-0.1, -0.05) is 32.9 Å². The van der Waals surface area contributed by atoms with Crippen molar-refractivity contribution in [3.05, 3.63) is 59.5 Å². The maximum Gasteiger partial charge on any atom is 0.253 e. The molecule has 0 saturated carbocycles. The number of pyridine rings is 1. The molecule has 1 aromatic heterocycles. The molecule has 0 aliphatic carbocycles. The highest BCUT2D eigenvalue weighted by atomic mass is 19.1. The second kappa shape index (κ2) is 8.76. The molecule has 1 N–H and O–H groups in total. The number of ether oxygens (including phenoxy) is 2. The van der Waals surface area contributed by atoms with E-state index in [4.69, 9.17) is 9.47 Å². The van der Waals surface area contributed by atoms with E-state index in [-0.39, 0.29) is 29.8 Å². The molecule has 26 heavy (non-hydrogen) atoms. The average molecular weight is 360 g/mol. The van der Waals surface area contributed by atoms with Crippen LogP contribution in [0.2, 0.25) is 0 Å². The van der Waals surface area contributed by atoms with Crippen molar-refractivity contribution in [2.45, 2.75) is 33.4 Å². The Balaban J connectivity index is 1.96. The zero-order valence-corrected chi connectivity index (χ0v) is 15.6. The zero-order chi connectivity index (χ0) is 19.2. The molecule has 0 unspecified atom stereocenters. The number of methoxy groups -OCH3 is 1. The van der Waals surface area contributed by atoms with Gasteiger partial charge in [-0.25, -0.2) is 9.37 Å². The lowest BCUT2D eigenvalue weighted by molar-refractivity contribution is 0.0786. The average Bonchev–Trinajstić information content (AvgIpc) is 2.59. The first-order valence-corrected chi connectivity index (χ1v) is 8.42. The second-order valence-corrected chi connectivity index (χ2v) is 7.15. The molecule has 0 aliphatic rings. The Morgan fingerprint density at radius 2 is 2.04 bits per heavy atom. The molecular weight excluding hydrogens is 335 g/mol. The smallest absolute Gasteiger partial charge is 0.253 e. The molecule has 6 heteroatoms. The number of hydrogen-bond acceptors (Lipinski definition) is 4. The number of hydrogen-bond donors (Lipinski definition) is 1. The van der Waals surface area contributed by atoms with E-state index < -0.39 is 0 Å². The maximum atomic E-state index is 13.2. The molecule has 140 valence electrons. The normalized spacial score (nSPS) is 12.5. The Kier molecular flexibility index (Phi) is 6.69. The van der Waals surface area contributed by atoms with Gasteiger partial charge in [0.1, 0.15) is 12.4 Å². The highest BCUT2D eigenvalue weighted by Gasteiger charge is 2.26. The molecule has 2 aromatic rings. The third-order valence-electron chi connectivity index (χ3n) is 3.96. The minimum atomic E-state index is -0.310. The Morgan fingerprint density at radius 3 is 2.62 bits per heavy atom. The maximum absolute atomic E-state index is 13.2. The molecule has 0 bridgehead atoms. The van der Waals surface area contributed by atoms with Crippen molar-refractivity contribution in [2.75, 3.05) is 13.7 Å². The standard InChI is InChI=1S/C20H25FN2O3/c1-20(2,3)17(13-25-4)23-19(24)15-8-9-18(22-11-15)26-12-14-6-5-7-16(21)10-14/h5-11,17H,12-13H2,1-4H3,(H,23,24)/t17-/m1/s1.